The van der Waals surface area contributed by atoms with Crippen molar-refractivity contribution in [1.82, 2.24) is 0 Å². The fraction of sp³-hybridized carbons (Fsp3) is 0. The van der Waals surface area contributed by atoms with Crippen LogP contribution in [0.25, 0.3) is 0 Å². The molecule has 9 heavy (non-hydrogen) atoms. The van der Waals surface area contributed by atoms with Gasteiger partial charge in [-0.15, -0.1) is 0 Å². The van der Waals surface area contributed by atoms with E-state index in [0.29, 0.717) is 0 Å². The Morgan fingerprint density at radius 1 is 0.778 bits per heavy atom. The van der Waals surface area contributed by atoms with E-state index in [1.165, 1.54) is 0 Å². The van der Waals surface area contributed by atoms with Crippen LogP contribution in [0.15, 0.2) is 0 Å². The molecule has 0 saturated carbocycles. The predicted octanol–water partition coefficient (Wildman–Crippen LogP) is -0.471. The molecule has 0 aromatic rings. The third-order valence-electron chi connectivity index (χ3n) is 0.133. The van der Waals surface area contributed by atoms with Crippen LogP contribution < -0.4 is 0 Å². The molecule has 4 N–H and O–H groups in total. The van der Waals surface area contributed by atoms with Crippen LogP contribution in [-0.2, 0) is 22.6 Å². The molecule has 0 amide bonds. The van der Waals surface area contributed by atoms with Crippen molar-refractivity contribution in [3.8, 4) is 0 Å². The highest BCUT2D eigenvalue weighted by atomic mass is 31.2. The first kappa shape index (κ1) is 15.9. The first-order valence-electron chi connectivity index (χ1n) is 1.10. The summed E-state index contributed by atoms with van der Waals surface area (Å²) in [6.07, 6.45) is 0. The molecular weight excluding hydrogens is 174 g/mol. The van der Waals surface area contributed by atoms with Crippen molar-refractivity contribution < 1.29 is 33.5 Å². The summed E-state index contributed by atoms with van der Waals surface area (Å²) in [4.78, 5) is 0. The molecular formula is H4O7P2. The third kappa shape index (κ3) is 18.3. The van der Waals surface area contributed by atoms with E-state index in [2.05, 4.69) is 4.31 Å². The van der Waals surface area contributed by atoms with Gasteiger partial charge in [-0.05, 0) is 0 Å². The Balaban J connectivity index is -0.000000180. The minimum Gasteiger partial charge on any atom is -0.412 e. The van der Waals surface area contributed by atoms with Crippen molar-refractivity contribution in [3.05, 3.63) is 0 Å². The molecule has 56 valence electrons. The standard InChI is InChI=1S/O5P2.2H2O/c1-6(2)5-7(3)4;;/h;2*1H2. The van der Waals surface area contributed by atoms with E-state index < -0.39 is 15.8 Å². The SMILES string of the molecule is O.O.O=P(=O)OP(=O)=O. The summed E-state index contributed by atoms with van der Waals surface area (Å²) in [5.41, 5.74) is 0. The fourth-order valence-electron chi connectivity index (χ4n) is 0.0544. The Kier molecular flexibility index (Phi) is 13.5. The molecule has 0 radical (unpaired) electrons. The predicted molar refractivity (Wildman–Crippen MR) is 24.9 cm³/mol. The highest BCUT2D eigenvalue weighted by Gasteiger charge is 1.92. The third-order valence-corrected chi connectivity index (χ3v) is 1.20. The number of hydrogen-bond donors (Lipinski definition) is 0. The van der Waals surface area contributed by atoms with Crippen molar-refractivity contribution in [3.63, 3.8) is 0 Å². The van der Waals surface area contributed by atoms with Gasteiger partial charge in [-0.2, -0.15) is 4.31 Å². The Labute approximate surface area is 50.4 Å². The Bertz CT molecular complexity index is 135. The molecule has 0 aliphatic rings. The zero-order valence-corrected chi connectivity index (χ0v) is 5.72. The van der Waals surface area contributed by atoms with E-state index in [0.717, 1.165) is 0 Å². The molecule has 0 rings (SSSR count). The second kappa shape index (κ2) is 7.68. The van der Waals surface area contributed by atoms with Gasteiger partial charge in [-0.25, -0.2) is 18.3 Å². The lowest BCUT2D eigenvalue weighted by atomic mass is 15.8. The maximum absolute atomic E-state index is 9.24. The van der Waals surface area contributed by atoms with Gasteiger partial charge in [-0.1, -0.05) is 0 Å². The molecule has 0 aliphatic carbocycles. The van der Waals surface area contributed by atoms with E-state index in [1.807, 2.05) is 0 Å². The lowest BCUT2D eigenvalue weighted by molar-refractivity contribution is 0.409. The van der Waals surface area contributed by atoms with E-state index >= 15 is 0 Å². The Morgan fingerprint density at radius 3 is 1.00 bits per heavy atom. The summed E-state index contributed by atoms with van der Waals surface area (Å²) in [5.74, 6) is 0. The van der Waals surface area contributed by atoms with Gasteiger partial charge in [0.25, 0.3) is 0 Å². The molecule has 9 heteroatoms. The Morgan fingerprint density at radius 2 is 1.00 bits per heavy atom. The zero-order chi connectivity index (χ0) is 5.86. The molecule has 0 aromatic carbocycles. The van der Waals surface area contributed by atoms with Crippen molar-refractivity contribution in [2.24, 2.45) is 0 Å². The van der Waals surface area contributed by atoms with Crippen LogP contribution in [0.1, 0.15) is 0 Å². The van der Waals surface area contributed by atoms with Gasteiger partial charge < -0.3 is 11.0 Å². The van der Waals surface area contributed by atoms with E-state index in [9.17, 15) is 18.3 Å². The number of rotatable bonds is 2. The molecule has 0 atom stereocenters. The van der Waals surface area contributed by atoms with Crippen LogP contribution >= 0.6 is 15.8 Å². The minimum absolute atomic E-state index is 0. The first-order chi connectivity index (χ1) is 3.13. The average Bonchev–Trinajstić information content (AvgIpc) is 1.27. The summed E-state index contributed by atoms with van der Waals surface area (Å²) in [5, 5.41) is 0. The largest absolute Gasteiger partial charge is 0.481 e. The van der Waals surface area contributed by atoms with Gasteiger partial charge in [0.05, 0.1) is 0 Å². The topological polar surface area (TPSA) is 141 Å². The molecule has 0 aliphatic heterocycles. The summed E-state index contributed by atoms with van der Waals surface area (Å²) < 4.78 is 40.1. The van der Waals surface area contributed by atoms with Crippen LogP contribution in [-0.4, -0.2) is 11.0 Å². The lowest BCUT2D eigenvalue weighted by Crippen LogP contribution is -1.41. The van der Waals surface area contributed by atoms with Crippen molar-refractivity contribution in [1.29, 1.82) is 0 Å². The summed E-state index contributed by atoms with van der Waals surface area (Å²) >= 11 is 0. The molecule has 0 aromatic heterocycles. The molecule has 0 saturated heterocycles. The van der Waals surface area contributed by atoms with Crippen molar-refractivity contribution in [2.75, 3.05) is 0 Å². The normalized spacial score (nSPS) is 6.22. The maximum atomic E-state index is 9.24. The molecule has 7 nitrogen and oxygen atoms in total. The van der Waals surface area contributed by atoms with E-state index in [1.54, 1.807) is 0 Å². The molecule has 0 heterocycles. The van der Waals surface area contributed by atoms with Gasteiger partial charge in [-0.3, -0.25) is 0 Å². The second-order valence-corrected chi connectivity index (χ2v) is 2.08. The first-order valence-corrected chi connectivity index (χ1v) is 3.29. The van der Waals surface area contributed by atoms with E-state index in [-0.39, 0.29) is 11.0 Å². The van der Waals surface area contributed by atoms with Crippen LogP contribution in [0.5, 0.6) is 0 Å². The Hall–Kier alpha value is -0.320. The zero-order valence-electron chi connectivity index (χ0n) is 3.94. The molecule has 0 spiro atoms. The molecule has 0 unspecified atom stereocenters. The summed E-state index contributed by atoms with van der Waals surface area (Å²) in [6, 6.07) is 0. The average molecular weight is 178 g/mol. The highest BCUT2D eigenvalue weighted by molar-refractivity contribution is 7.39. The van der Waals surface area contributed by atoms with Gasteiger partial charge in [0, 0.05) is 0 Å². The smallest absolute Gasteiger partial charge is 0.412 e. The van der Waals surface area contributed by atoms with Crippen molar-refractivity contribution >= 4 is 15.8 Å². The quantitative estimate of drug-likeness (QED) is 0.525. The fourth-order valence-corrected chi connectivity index (χ4v) is 0.490. The minimum atomic E-state index is -3.24. The highest BCUT2D eigenvalue weighted by Crippen LogP contribution is 2.19. The van der Waals surface area contributed by atoms with E-state index in [4.69, 9.17) is 0 Å². The van der Waals surface area contributed by atoms with Crippen LogP contribution in [0.2, 0.25) is 0 Å². The molecule has 0 fully saturated rings. The van der Waals surface area contributed by atoms with Crippen LogP contribution in [0.3, 0.4) is 0 Å². The maximum Gasteiger partial charge on any atom is 0.481 e. The molecule has 0 bridgehead atoms. The van der Waals surface area contributed by atoms with Crippen molar-refractivity contribution in [2.45, 2.75) is 0 Å². The lowest BCUT2D eigenvalue weighted by Gasteiger charge is -1.60. The van der Waals surface area contributed by atoms with Gasteiger partial charge in [0.1, 0.15) is 0 Å². The van der Waals surface area contributed by atoms with Crippen LogP contribution in [0, 0.1) is 0 Å². The summed E-state index contributed by atoms with van der Waals surface area (Å²) in [7, 11) is -6.47. The van der Waals surface area contributed by atoms with Gasteiger partial charge in [0.15, 0.2) is 0 Å². The number of hydrogen-bond acceptors (Lipinski definition) is 5. The summed E-state index contributed by atoms with van der Waals surface area (Å²) in [6.45, 7) is 0. The van der Waals surface area contributed by atoms with Gasteiger partial charge >= 0.3 is 15.8 Å². The monoisotopic (exact) mass is 178 g/mol. The second-order valence-electron chi connectivity index (χ2n) is 0.529. The van der Waals surface area contributed by atoms with Gasteiger partial charge in [0.2, 0.25) is 0 Å². The van der Waals surface area contributed by atoms with Crippen LogP contribution in [0.4, 0.5) is 0 Å².